The minimum atomic E-state index is 0.245. The van der Waals surface area contributed by atoms with E-state index in [0.29, 0.717) is 5.92 Å². The van der Waals surface area contributed by atoms with E-state index in [2.05, 4.69) is 37.9 Å². The molecule has 2 fully saturated rings. The molecule has 0 aromatic carbocycles. The molecule has 1 N–H and O–H groups in total. The first kappa shape index (κ1) is 14.6. The van der Waals surface area contributed by atoms with Crippen LogP contribution in [0, 0.1) is 6.92 Å². The second-order valence-electron chi connectivity index (χ2n) is 6.35. The molecule has 0 amide bonds. The molecule has 0 bridgehead atoms. The van der Waals surface area contributed by atoms with Crippen LogP contribution in [0.5, 0.6) is 0 Å². The van der Waals surface area contributed by atoms with Gasteiger partial charge in [0.1, 0.15) is 17.5 Å². The van der Waals surface area contributed by atoms with Gasteiger partial charge in [-0.3, -0.25) is 0 Å². The summed E-state index contributed by atoms with van der Waals surface area (Å²) in [6, 6.07) is 0. The van der Waals surface area contributed by atoms with Crippen LogP contribution in [0.2, 0.25) is 0 Å². The quantitative estimate of drug-likeness (QED) is 0.924. The predicted molar refractivity (Wildman–Crippen MR) is 85.1 cm³/mol. The van der Waals surface area contributed by atoms with E-state index < -0.39 is 0 Å². The number of hydrogen-bond acceptors (Lipinski definition) is 5. The van der Waals surface area contributed by atoms with Gasteiger partial charge in [0.05, 0.1) is 12.2 Å². The maximum atomic E-state index is 5.84. The zero-order valence-electron chi connectivity index (χ0n) is 13.5. The van der Waals surface area contributed by atoms with Crippen molar-refractivity contribution in [2.24, 2.45) is 0 Å². The van der Waals surface area contributed by atoms with Crippen molar-refractivity contribution in [3.8, 4) is 0 Å². The Kier molecular flexibility index (Phi) is 4.02. The summed E-state index contributed by atoms with van der Waals surface area (Å²) < 4.78 is 5.84. The van der Waals surface area contributed by atoms with Crippen LogP contribution in [-0.2, 0) is 4.74 Å². The Labute approximate surface area is 127 Å². The molecular weight excluding hydrogens is 264 g/mol. The maximum Gasteiger partial charge on any atom is 0.137 e. The molecule has 0 radical (unpaired) electrons. The van der Waals surface area contributed by atoms with E-state index in [1.54, 1.807) is 0 Å². The first-order valence-corrected chi connectivity index (χ1v) is 8.11. The molecule has 1 saturated heterocycles. The zero-order valence-corrected chi connectivity index (χ0v) is 13.5. The van der Waals surface area contributed by atoms with Gasteiger partial charge >= 0.3 is 0 Å². The van der Waals surface area contributed by atoms with Crippen molar-refractivity contribution in [2.75, 3.05) is 29.9 Å². The molecule has 21 heavy (non-hydrogen) atoms. The van der Waals surface area contributed by atoms with Crippen LogP contribution < -0.4 is 10.2 Å². The highest BCUT2D eigenvalue weighted by Gasteiger charge is 2.30. The fraction of sp³-hybridized carbons (Fsp3) is 0.750. The molecule has 1 aromatic heterocycles. The molecule has 1 saturated carbocycles. The van der Waals surface area contributed by atoms with Gasteiger partial charge in [-0.15, -0.1) is 0 Å². The Hall–Kier alpha value is -1.36. The summed E-state index contributed by atoms with van der Waals surface area (Å²) in [5, 5.41) is 3.39. The van der Waals surface area contributed by atoms with E-state index in [0.717, 1.165) is 42.7 Å². The summed E-state index contributed by atoms with van der Waals surface area (Å²) in [6.07, 6.45) is 2.94. The van der Waals surface area contributed by atoms with Crippen LogP contribution in [-0.4, -0.2) is 41.8 Å². The van der Waals surface area contributed by atoms with Crippen LogP contribution in [0.15, 0.2) is 0 Å². The van der Waals surface area contributed by atoms with Gasteiger partial charge in [-0.25, -0.2) is 9.97 Å². The van der Waals surface area contributed by atoms with Gasteiger partial charge in [-0.1, -0.05) is 0 Å². The van der Waals surface area contributed by atoms with Gasteiger partial charge in [-0.05, 0) is 40.5 Å². The third-order valence-electron chi connectivity index (χ3n) is 4.14. The van der Waals surface area contributed by atoms with Gasteiger partial charge in [0.2, 0.25) is 0 Å². The highest BCUT2D eigenvalue weighted by atomic mass is 16.5. The zero-order chi connectivity index (χ0) is 15.0. The highest BCUT2D eigenvalue weighted by Crippen LogP contribution is 2.40. The SMILES string of the molecule is CCNc1nc(C2CC2)nc(N2C[C@@H](C)O[C@@H](C)C2)c1C. The molecular formula is C16H26N4O. The van der Waals surface area contributed by atoms with Crippen molar-refractivity contribution in [3.05, 3.63) is 11.4 Å². The van der Waals surface area contributed by atoms with Crippen molar-refractivity contribution >= 4 is 11.6 Å². The smallest absolute Gasteiger partial charge is 0.137 e. The van der Waals surface area contributed by atoms with E-state index >= 15 is 0 Å². The minimum absolute atomic E-state index is 0.245. The van der Waals surface area contributed by atoms with Crippen LogP contribution in [0.3, 0.4) is 0 Å². The van der Waals surface area contributed by atoms with E-state index in [-0.39, 0.29) is 12.2 Å². The van der Waals surface area contributed by atoms with Crippen molar-refractivity contribution < 1.29 is 4.74 Å². The minimum Gasteiger partial charge on any atom is -0.372 e. The number of hydrogen-bond donors (Lipinski definition) is 1. The average Bonchev–Trinajstić information content (AvgIpc) is 3.24. The Morgan fingerprint density at radius 3 is 2.43 bits per heavy atom. The normalized spacial score (nSPS) is 26.0. The van der Waals surface area contributed by atoms with Gasteiger partial charge in [-0.2, -0.15) is 0 Å². The molecule has 2 aliphatic rings. The third kappa shape index (κ3) is 3.12. The van der Waals surface area contributed by atoms with Crippen LogP contribution in [0.25, 0.3) is 0 Å². The molecule has 2 atom stereocenters. The standard InChI is InChI=1S/C16H26N4O/c1-5-17-14-12(4)16(19-15(18-14)13-6-7-13)20-8-10(2)21-11(3)9-20/h10-11,13H,5-9H2,1-4H3,(H,17,18,19)/t10-,11+. The largest absolute Gasteiger partial charge is 0.372 e. The molecule has 1 aromatic rings. The molecule has 0 unspecified atom stereocenters. The molecule has 116 valence electrons. The fourth-order valence-electron chi connectivity index (χ4n) is 3.04. The Bertz CT molecular complexity index is 505. The lowest BCUT2D eigenvalue weighted by atomic mass is 10.2. The molecule has 3 rings (SSSR count). The van der Waals surface area contributed by atoms with Gasteiger partial charge in [0.15, 0.2) is 0 Å². The van der Waals surface area contributed by atoms with Crippen LogP contribution >= 0.6 is 0 Å². The fourth-order valence-corrected chi connectivity index (χ4v) is 3.04. The lowest BCUT2D eigenvalue weighted by molar-refractivity contribution is -0.00550. The van der Waals surface area contributed by atoms with Gasteiger partial charge in [0, 0.05) is 31.1 Å². The molecule has 5 nitrogen and oxygen atoms in total. The first-order chi connectivity index (χ1) is 10.1. The second-order valence-corrected chi connectivity index (χ2v) is 6.35. The monoisotopic (exact) mass is 290 g/mol. The van der Waals surface area contributed by atoms with Gasteiger partial charge in [0.25, 0.3) is 0 Å². The second kappa shape index (κ2) is 5.79. The Balaban J connectivity index is 1.95. The lowest BCUT2D eigenvalue weighted by Crippen LogP contribution is -2.46. The Morgan fingerprint density at radius 1 is 1.19 bits per heavy atom. The third-order valence-corrected chi connectivity index (χ3v) is 4.14. The van der Waals surface area contributed by atoms with E-state index in [4.69, 9.17) is 14.7 Å². The van der Waals surface area contributed by atoms with Crippen molar-refractivity contribution in [3.63, 3.8) is 0 Å². The van der Waals surface area contributed by atoms with Gasteiger partial charge < -0.3 is 15.0 Å². The summed E-state index contributed by atoms with van der Waals surface area (Å²) in [5.41, 5.74) is 1.16. The number of anilines is 2. The van der Waals surface area contributed by atoms with E-state index in [9.17, 15) is 0 Å². The average molecular weight is 290 g/mol. The van der Waals surface area contributed by atoms with Crippen molar-refractivity contribution in [1.82, 2.24) is 9.97 Å². The predicted octanol–water partition coefficient (Wildman–Crippen LogP) is 2.71. The molecule has 1 aliphatic carbocycles. The van der Waals surface area contributed by atoms with E-state index in [1.807, 2.05) is 0 Å². The molecule has 0 spiro atoms. The summed E-state index contributed by atoms with van der Waals surface area (Å²) in [7, 11) is 0. The number of morpholine rings is 1. The molecule has 5 heteroatoms. The summed E-state index contributed by atoms with van der Waals surface area (Å²) >= 11 is 0. The molecule has 1 aliphatic heterocycles. The summed E-state index contributed by atoms with van der Waals surface area (Å²) in [6.45, 7) is 11.2. The van der Waals surface area contributed by atoms with E-state index in [1.165, 1.54) is 12.8 Å². The first-order valence-electron chi connectivity index (χ1n) is 8.11. The molecule has 2 heterocycles. The number of rotatable bonds is 4. The summed E-state index contributed by atoms with van der Waals surface area (Å²) in [5.74, 6) is 3.66. The lowest BCUT2D eigenvalue weighted by Gasteiger charge is -2.37. The van der Waals surface area contributed by atoms with Crippen molar-refractivity contribution in [2.45, 2.75) is 58.7 Å². The number of aromatic nitrogens is 2. The topological polar surface area (TPSA) is 50.3 Å². The van der Waals surface area contributed by atoms with Crippen LogP contribution in [0.4, 0.5) is 11.6 Å². The highest BCUT2D eigenvalue weighted by molar-refractivity contribution is 5.59. The number of ether oxygens (including phenoxy) is 1. The number of nitrogens with zero attached hydrogens (tertiary/aromatic N) is 3. The van der Waals surface area contributed by atoms with Crippen molar-refractivity contribution in [1.29, 1.82) is 0 Å². The summed E-state index contributed by atoms with van der Waals surface area (Å²) in [4.78, 5) is 12.0. The number of nitrogens with one attached hydrogen (secondary N) is 1. The Morgan fingerprint density at radius 2 is 1.86 bits per heavy atom. The maximum absolute atomic E-state index is 5.84. The van der Waals surface area contributed by atoms with Crippen LogP contribution in [0.1, 0.15) is 50.9 Å².